The predicted octanol–water partition coefficient (Wildman–Crippen LogP) is 4.76. The van der Waals surface area contributed by atoms with Gasteiger partial charge in [-0.05, 0) is 46.5 Å². The first kappa shape index (κ1) is 22.8. The minimum absolute atomic E-state index is 0.270. The smallest absolute Gasteiger partial charge is 0.251 e. The van der Waals surface area contributed by atoms with Gasteiger partial charge < -0.3 is 15.8 Å². The van der Waals surface area contributed by atoms with E-state index in [0.717, 1.165) is 22.3 Å². The Labute approximate surface area is 199 Å². The highest BCUT2D eigenvalue weighted by molar-refractivity contribution is 5.97. The summed E-state index contributed by atoms with van der Waals surface area (Å²) in [5.74, 6) is -0.253. The first-order valence-electron chi connectivity index (χ1n) is 11.1. The van der Waals surface area contributed by atoms with Crippen LogP contribution in [0.1, 0.15) is 21.5 Å². The van der Waals surface area contributed by atoms with Crippen LogP contribution in [-0.4, -0.2) is 17.9 Å². The highest BCUT2D eigenvalue weighted by Crippen LogP contribution is 2.20. The number of benzene rings is 4. The van der Waals surface area contributed by atoms with Gasteiger partial charge >= 0.3 is 0 Å². The van der Waals surface area contributed by atoms with Crippen molar-refractivity contribution in [3.05, 3.63) is 126 Å². The van der Waals surface area contributed by atoms with Crippen molar-refractivity contribution in [1.29, 1.82) is 0 Å². The summed E-state index contributed by atoms with van der Waals surface area (Å²) >= 11 is 0. The lowest BCUT2D eigenvalue weighted by atomic mass is 10.0. The number of nitrogens with two attached hydrogens (primary N) is 1. The largest absolute Gasteiger partial charge is 0.489 e. The third kappa shape index (κ3) is 6.11. The van der Waals surface area contributed by atoms with Gasteiger partial charge in [0.2, 0.25) is 5.91 Å². The van der Waals surface area contributed by atoms with Crippen LogP contribution in [0.25, 0.3) is 11.1 Å². The fourth-order valence-electron chi connectivity index (χ4n) is 3.65. The van der Waals surface area contributed by atoms with Crippen molar-refractivity contribution in [1.82, 2.24) is 5.32 Å². The molecule has 0 radical (unpaired) electrons. The second kappa shape index (κ2) is 11.0. The van der Waals surface area contributed by atoms with Gasteiger partial charge in [-0.1, -0.05) is 84.9 Å². The quantitative estimate of drug-likeness (QED) is 0.386. The Morgan fingerprint density at radius 3 is 2.03 bits per heavy atom. The Hall–Kier alpha value is -4.38. The lowest BCUT2D eigenvalue weighted by Crippen LogP contribution is -2.45. The molecule has 0 heterocycles. The lowest BCUT2D eigenvalue weighted by molar-refractivity contribution is -0.119. The van der Waals surface area contributed by atoms with Crippen molar-refractivity contribution in [2.24, 2.45) is 5.73 Å². The molecule has 34 heavy (non-hydrogen) atoms. The highest BCUT2D eigenvalue weighted by atomic mass is 16.5. The van der Waals surface area contributed by atoms with E-state index in [1.807, 2.05) is 97.1 Å². The van der Waals surface area contributed by atoms with Crippen molar-refractivity contribution in [3.8, 4) is 16.9 Å². The zero-order valence-corrected chi connectivity index (χ0v) is 18.7. The number of hydrogen-bond acceptors (Lipinski definition) is 3. The molecule has 0 aliphatic heterocycles. The fraction of sp³-hybridized carbons (Fsp3) is 0.103. The molecule has 5 heteroatoms. The maximum absolute atomic E-state index is 12.8. The molecular formula is C29H26N2O3. The van der Waals surface area contributed by atoms with Gasteiger partial charge in [0.1, 0.15) is 18.4 Å². The Kier molecular flexibility index (Phi) is 7.35. The van der Waals surface area contributed by atoms with Gasteiger partial charge in [-0.15, -0.1) is 0 Å². The molecule has 170 valence electrons. The number of hydrogen-bond donors (Lipinski definition) is 2. The molecule has 4 aromatic carbocycles. The first-order valence-corrected chi connectivity index (χ1v) is 11.1. The second-order valence-electron chi connectivity index (χ2n) is 8.00. The van der Waals surface area contributed by atoms with Gasteiger partial charge in [-0.2, -0.15) is 0 Å². The summed E-state index contributed by atoms with van der Waals surface area (Å²) in [5, 5.41) is 2.76. The van der Waals surface area contributed by atoms with E-state index in [4.69, 9.17) is 10.5 Å². The van der Waals surface area contributed by atoms with Gasteiger partial charge in [-0.25, -0.2) is 0 Å². The average molecular weight is 451 g/mol. The van der Waals surface area contributed by atoms with Gasteiger partial charge in [0.15, 0.2) is 0 Å². The molecule has 0 spiro atoms. The summed E-state index contributed by atoms with van der Waals surface area (Å²) in [6, 6.07) is 33.7. The van der Waals surface area contributed by atoms with Crippen LogP contribution in [-0.2, 0) is 17.8 Å². The number of ether oxygens (including phenoxy) is 1. The number of amides is 2. The molecule has 0 aliphatic rings. The average Bonchev–Trinajstić information content (AvgIpc) is 2.88. The summed E-state index contributed by atoms with van der Waals surface area (Å²) in [4.78, 5) is 24.9. The predicted molar refractivity (Wildman–Crippen MR) is 133 cm³/mol. The third-order valence-electron chi connectivity index (χ3n) is 5.49. The summed E-state index contributed by atoms with van der Waals surface area (Å²) in [6.45, 7) is 0.444. The van der Waals surface area contributed by atoms with Crippen LogP contribution < -0.4 is 15.8 Å². The van der Waals surface area contributed by atoms with E-state index < -0.39 is 11.9 Å². The fourth-order valence-corrected chi connectivity index (χ4v) is 3.65. The SMILES string of the molecule is NC(=O)[C@H](Cc1cccc(OCc2ccccc2)c1)NC(=O)c1ccc(-c2ccccc2)cc1. The van der Waals surface area contributed by atoms with E-state index >= 15 is 0 Å². The van der Waals surface area contributed by atoms with E-state index in [0.29, 0.717) is 17.9 Å². The molecule has 0 bridgehead atoms. The standard InChI is InChI=1S/C29H26N2O3/c30-28(32)27(19-22-10-7-13-26(18-22)34-20-21-8-3-1-4-9-21)31-29(33)25-16-14-24(15-17-25)23-11-5-2-6-12-23/h1-18,27H,19-20H2,(H2,30,32)(H,31,33)/t27-/m0/s1. The molecule has 0 saturated heterocycles. The third-order valence-corrected chi connectivity index (χ3v) is 5.49. The van der Waals surface area contributed by atoms with E-state index in [1.54, 1.807) is 12.1 Å². The van der Waals surface area contributed by atoms with Gasteiger partial charge in [0.05, 0.1) is 0 Å². The molecule has 0 aromatic heterocycles. The zero-order chi connectivity index (χ0) is 23.8. The van der Waals surface area contributed by atoms with Crippen molar-refractivity contribution >= 4 is 11.8 Å². The zero-order valence-electron chi connectivity index (χ0n) is 18.7. The van der Waals surface area contributed by atoms with Crippen LogP contribution in [0.2, 0.25) is 0 Å². The number of nitrogens with one attached hydrogen (secondary N) is 1. The van der Waals surface area contributed by atoms with Crippen molar-refractivity contribution < 1.29 is 14.3 Å². The molecule has 4 rings (SSSR count). The number of carbonyl (C=O) groups excluding carboxylic acids is 2. The molecule has 1 atom stereocenters. The Morgan fingerprint density at radius 2 is 1.35 bits per heavy atom. The molecule has 5 nitrogen and oxygen atoms in total. The Bertz CT molecular complexity index is 1240. The molecule has 0 fully saturated rings. The van der Waals surface area contributed by atoms with E-state index in [1.165, 1.54) is 0 Å². The number of carbonyl (C=O) groups is 2. The van der Waals surface area contributed by atoms with Gasteiger partial charge in [-0.3, -0.25) is 9.59 Å². The maximum Gasteiger partial charge on any atom is 0.251 e. The van der Waals surface area contributed by atoms with Crippen molar-refractivity contribution in [2.75, 3.05) is 0 Å². The Morgan fingerprint density at radius 1 is 0.735 bits per heavy atom. The molecule has 3 N–H and O–H groups in total. The molecule has 0 saturated carbocycles. The summed E-state index contributed by atoms with van der Waals surface area (Å²) in [6.07, 6.45) is 0.270. The molecular weight excluding hydrogens is 424 g/mol. The minimum Gasteiger partial charge on any atom is -0.489 e. The number of primary amides is 1. The summed E-state index contributed by atoms with van der Waals surface area (Å²) < 4.78 is 5.87. The van der Waals surface area contributed by atoms with Crippen LogP contribution in [0, 0.1) is 0 Å². The van der Waals surface area contributed by atoms with Gasteiger partial charge in [0.25, 0.3) is 5.91 Å². The van der Waals surface area contributed by atoms with Crippen molar-refractivity contribution in [3.63, 3.8) is 0 Å². The molecule has 2 amide bonds. The Balaban J connectivity index is 1.39. The molecule has 0 aliphatic carbocycles. The monoisotopic (exact) mass is 450 g/mol. The van der Waals surface area contributed by atoms with Crippen LogP contribution >= 0.6 is 0 Å². The first-order chi connectivity index (χ1) is 16.6. The minimum atomic E-state index is -0.842. The van der Waals surface area contributed by atoms with Crippen LogP contribution in [0.5, 0.6) is 5.75 Å². The summed E-state index contributed by atoms with van der Waals surface area (Å²) in [5.41, 5.74) is 10.0. The molecule has 4 aromatic rings. The van der Waals surface area contributed by atoms with E-state index in [9.17, 15) is 9.59 Å². The summed E-state index contributed by atoms with van der Waals surface area (Å²) in [7, 11) is 0. The van der Waals surface area contributed by atoms with Crippen LogP contribution in [0.15, 0.2) is 109 Å². The molecule has 0 unspecified atom stereocenters. The van der Waals surface area contributed by atoms with Gasteiger partial charge in [0, 0.05) is 12.0 Å². The van der Waals surface area contributed by atoms with E-state index in [-0.39, 0.29) is 12.3 Å². The van der Waals surface area contributed by atoms with E-state index in [2.05, 4.69) is 5.32 Å². The normalized spacial score (nSPS) is 11.4. The van der Waals surface area contributed by atoms with Crippen LogP contribution in [0.4, 0.5) is 0 Å². The van der Waals surface area contributed by atoms with Crippen LogP contribution in [0.3, 0.4) is 0 Å². The second-order valence-corrected chi connectivity index (χ2v) is 8.00. The van der Waals surface area contributed by atoms with Crippen molar-refractivity contribution in [2.45, 2.75) is 19.1 Å². The lowest BCUT2D eigenvalue weighted by Gasteiger charge is -2.16. The maximum atomic E-state index is 12.8. The highest BCUT2D eigenvalue weighted by Gasteiger charge is 2.20. The topological polar surface area (TPSA) is 81.4 Å². The number of rotatable bonds is 9.